The largest absolute Gasteiger partial charge is 0.417 e. The quantitative estimate of drug-likeness (QED) is 0.150. The minimum absolute atomic E-state index is 0.0360. The van der Waals surface area contributed by atoms with Gasteiger partial charge in [0.05, 0.1) is 34.9 Å². The third-order valence-electron chi connectivity index (χ3n) is 8.65. The first-order valence-electron chi connectivity index (χ1n) is 16.7. The van der Waals surface area contributed by atoms with Gasteiger partial charge in [-0.2, -0.15) is 36.5 Å². The van der Waals surface area contributed by atoms with Crippen LogP contribution in [0.5, 0.6) is 0 Å². The molecule has 0 saturated carbocycles. The van der Waals surface area contributed by atoms with Crippen LogP contribution in [0.4, 0.5) is 37.8 Å². The molecule has 2 amide bonds. The van der Waals surface area contributed by atoms with Gasteiger partial charge in [0, 0.05) is 23.5 Å². The number of rotatable bonds is 7. The normalized spacial score (nSPS) is 13.1. The lowest BCUT2D eigenvalue weighted by molar-refractivity contribution is -0.137. The van der Waals surface area contributed by atoms with Crippen molar-refractivity contribution in [1.29, 1.82) is 0 Å². The van der Waals surface area contributed by atoms with Gasteiger partial charge in [0.1, 0.15) is 23.7 Å². The van der Waals surface area contributed by atoms with Crippen molar-refractivity contribution in [3.8, 4) is 22.5 Å². The molecule has 7 aromatic rings. The monoisotopic (exact) mass is 782 g/mol. The smallest absolute Gasteiger partial charge is 0.306 e. The average molecular weight is 783 g/mol. The summed E-state index contributed by atoms with van der Waals surface area (Å²) in [5.41, 5.74) is 0.944. The van der Waals surface area contributed by atoms with Gasteiger partial charge in [-0.1, -0.05) is 36.4 Å². The number of halogens is 6. The number of allylic oxidation sites excluding steroid dienone is 2. The van der Waals surface area contributed by atoms with Crippen LogP contribution in [0, 0.1) is 6.92 Å². The van der Waals surface area contributed by atoms with Crippen LogP contribution in [-0.2, 0) is 12.4 Å². The van der Waals surface area contributed by atoms with E-state index in [1.165, 1.54) is 103 Å². The number of aromatic nitrogens is 8. The highest BCUT2D eigenvalue weighted by atomic mass is 19.4. The Morgan fingerprint density at radius 3 is 1.91 bits per heavy atom. The van der Waals surface area contributed by atoms with Crippen molar-refractivity contribution in [1.82, 2.24) is 49.9 Å². The highest BCUT2D eigenvalue weighted by molar-refractivity contribution is 6.03. The van der Waals surface area contributed by atoms with E-state index < -0.39 is 35.3 Å². The van der Waals surface area contributed by atoms with Crippen LogP contribution in [0.1, 0.15) is 37.7 Å². The van der Waals surface area contributed by atoms with E-state index in [2.05, 4.69) is 46.2 Å². The summed E-state index contributed by atoms with van der Waals surface area (Å²) in [4.78, 5) is 43.5. The number of hydrogen-bond acceptors (Lipinski definition) is 10. The molecule has 0 bridgehead atoms. The molecule has 8 rings (SSSR count). The fourth-order valence-electron chi connectivity index (χ4n) is 6.10. The molecule has 0 radical (unpaired) electrons. The summed E-state index contributed by atoms with van der Waals surface area (Å²) >= 11 is 0. The molecule has 0 saturated heterocycles. The molecular weight excluding hydrogens is 758 g/mol. The van der Waals surface area contributed by atoms with Crippen LogP contribution in [-0.4, -0.2) is 51.0 Å². The van der Waals surface area contributed by atoms with Gasteiger partial charge in [0.25, 0.3) is 11.8 Å². The summed E-state index contributed by atoms with van der Waals surface area (Å²) in [6.45, 7) is 1.62. The first-order valence-corrected chi connectivity index (χ1v) is 16.7. The van der Waals surface area contributed by atoms with E-state index in [4.69, 9.17) is 0 Å². The molecule has 2 aromatic carbocycles. The van der Waals surface area contributed by atoms with Gasteiger partial charge in [-0.15, -0.1) is 0 Å². The first kappa shape index (κ1) is 36.3. The highest BCUT2D eigenvalue weighted by Gasteiger charge is 2.35. The number of benzene rings is 2. The van der Waals surface area contributed by atoms with Crippen LogP contribution in [0.3, 0.4) is 0 Å². The second-order valence-corrected chi connectivity index (χ2v) is 12.4. The number of fused-ring (bicyclic) bond motifs is 2. The van der Waals surface area contributed by atoms with Crippen LogP contribution in [0.2, 0.25) is 0 Å². The molecule has 1 aliphatic rings. The van der Waals surface area contributed by atoms with Crippen molar-refractivity contribution in [2.24, 2.45) is 0 Å². The van der Waals surface area contributed by atoms with Crippen LogP contribution < -0.4 is 21.1 Å². The molecule has 0 aliphatic carbocycles. The van der Waals surface area contributed by atoms with Gasteiger partial charge in [-0.25, -0.2) is 29.0 Å². The Morgan fingerprint density at radius 1 is 0.719 bits per heavy atom. The Bertz CT molecular complexity index is 2780. The number of nitrogens with zero attached hydrogens (tertiary/aromatic N) is 9. The Kier molecular flexibility index (Phi) is 8.86. The molecule has 5 aromatic heterocycles. The Morgan fingerprint density at radius 2 is 1.30 bits per heavy atom. The standard InChI is InChI=1S/C37H24F6N12O2/c1-20-15-25(21-7-2-4-9-23(21)36(38,39)40)50-54-28(17-45-32(20)54)35(57)49-31-11-6-14-53(52-31)27-16-26(22-8-3-5-10-24(22)37(41,42)43)51-55-29(18-46-33(27)55)34(56)48-30-12-13-44-19-47-30/h2-19,52H,1H3,(H,49,57)(H,44,47,48,56). The number of imidazole rings is 2. The average Bonchev–Trinajstić information content (AvgIpc) is 3.83. The molecule has 3 N–H and O–H groups in total. The zero-order valence-corrected chi connectivity index (χ0v) is 29.0. The SMILES string of the molecule is Cc1cc(-c2ccccc2C(F)(F)F)nn2c(C(=O)NC3=CC=CN(c4cc(-c5ccccc5C(F)(F)F)nn5c(C(=O)Nc6ccncn6)cnc45)N3)cnc12. The lowest BCUT2D eigenvalue weighted by atomic mass is 10.0. The van der Waals surface area contributed by atoms with Crippen LogP contribution in [0.25, 0.3) is 33.8 Å². The van der Waals surface area contributed by atoms with Gasteiger partial charge in [-0.05, 0) is 55.0 Å². The Balaban J connectivity index is 1.14. The zero-order chi connectivity index (χ0) is 40.1. The maximum atomic E-state index is 14.2. The summed E-state index contributed by atoms with van der Waals surface area (Å²) < 4.78 is 86.5. The number of amides is 2. The number of carbonyl (C=O) groups excluding carboxylic acids is 2. The number of alkyl halides is 6. The van der Waals surface area contributed by atoms with Gasteiger partial charge in [0.2, 0.25) is 0 Å². The highest BCUT2D eigenvalue weighted by Crippen LogP contribution is 2.39. The van der Waals surface area contributed by atoms with Crippen LogP contribution >= 0.6 is 0 Å². The van der Waals surface area contributed by atoms with Crippen molar-refractivity contribution in [2.45, 2.75) is 19.3 Å². The van der Waals surface area contributed by atoms with E-state index in [0.29, 0.717) is 5.56 Å². The number of hydrazine groups is 1. The number of nitrogens with one attached hydrogen (secondary N) is 3. The molecule has 286 valence electrons. The van der Waals surface area contributed by atoms with E-state index in [1.807, 2.05) is 0 Å². The topological polar surface area (TPSA) is 160 Å². The van der Waals surface area contributed by atoms with Gasteiger partial charge in [0.15, 0.2) is 22.7 Å². The maximum absolute atomic E-state index is 14.2. The number of anilines is 2. The van der Waals surface area contributed by atoms with Gasteiger partial charge < -0.3 is 10.6 Å². The summed E-state index contributed by atoms with van der Waals surface area (Å²) in [6, 6.07) is 13.9. The van der Waals surface area contributed by atoms with E-state index >= 15 is 0 Å². The van der Waals surface area contributed by atoms with Crippen LogP contribution in [0.15, 0.2) is 116 Å². The van der Waals surface area contributed by atoms with Crippen molar-refractivity contribution in [2.75, 3.05) is 10.3 Å². The zero-order valence-electron chi connectivity index (χ0n) is 29.0. The van der Waals surface area contributed by atoms with Crippen molar-refractivity contribution in [3.05, 3.63) is 144 Å². The van der Waals surface area contributed by atoms with Crippen molar-refractivity contribution in [3.63, 3.8) is 0 Å². The van der Waals surface area contributed by atoms with Crippen molar-refractivity contribution < 1.29 is 35.9 Å². The van der Waals surface area contributed by atoms with Crippen molar-refractivity contribution >= 4 is 34.6 Å². The fourth-order valence-corrected chi connectivity index (χ4v) is 6.10. The predicted molar refractivity (Wildman–Crippen MR) is 192 cm³/mol. The third kappa shape index (κ3) is 6.94. The minimum atomic E-state index is -4.76. The lowest BCUT2D eigenvalue weighted by Crippen LogP contribution is -2.42. The van der Waals surface area contributed by atoms with Gasteiger partial charge >= 0.3 is 12.4 Å². The second-order valence-electron chi connectivity index (χ2n) is 12.4. The van der Waals surface area contributed by atoms with E-state index in [1.54, 1.807) is 6.92 Å². The predicted octanol–water partition coefficient (Wildman–Crippen LogP) is 6.60. The second kappa shape index (κ2) is 13.9. The summed E-state index contributed by atoms with van der Waals surface area (Å²) in [5.74, 6) is -1.27. The molecule has 6 heterocycles. The molecule has 20 heteroatoms. The van der Waals surface area contributed by atoms with E-state index in [-0.39, 0.29) is 62.5 Å². The molecule has 0 unspecified atom stereocenters. The van der Waals surface area contributed by atoms with E-state index in [9.17, 15) is 35.9 Å². The molecule has 57 heavy (non-hydrogen) atoms. The fraction of sp³-hybridized carbons (Fsp3) is 0.0811. The lowest BCUT2D eigenvalue weighted by Gasteiger charge is -2.27. The minimum Gasteiger partial charge on any atom is -0.306 e. The number of hydrogen-bond donors (Lipinski definition) is 3. The summed E-state index contributed by atoms with van der Waals surface area (Å²) in [6.07, 6.45) is 0.0841. The Labute approximate surface area is 316 Å². The van der Waals surface area contributed by atoms with Gasteiger partial charge in [-0.3, -0.25) is 20.0 Å². The number of carbonyl (C=O) groups is 2. The molecule has 0 atom stereocenters. The van der Waals surface area contributed by atoms with E-state index in [0.717, 1.165) is 21.2 Å². The molecule has 0 fully saturated rings. The molecular formula is C37H24F6N12O2. The Hall–Kier alpha value is -7.64. The molecule has 14 nitrogen and oxygen atoms in total. The summed E-state index contributed by atoms with van der Waals surface area (Å²) in [7, 11) is 0. The molecule has 0 spiro atoms. The number of aryl methyl sites for hydroxylation is 1. The third-order valence-corrected chi connectivity index (χ3v) is 8.65. The first-order chi connectivity index (χ1) is 27.3. The summed E-state index contributed by atoms with van der Waals surface area (Å²) in [5, 5.41) is 15.3. The molecule has 1 aliphatic heterocycles. The maximum Gasteiger partial charge on any atom is 0.417 e.